The van der Waals surface area contributed by atoms with Gasteiger partial charge in [-0.05, 0) is 32.4 Å². The van der Waals surface area contributed by atoms with Gasteiger partial charge in [-0.3, -0.25) is 9.47 Å². The molecule has 0 aliphatic heterocycles. The van der Waals surface area contributed by atoms with E-state index in [2.05, 4.69) is 17.7 Å². The molecule has 1 heterocycles. The minimum absolute atomic E-state index is 0.0425. The average molecular weight is 223 g/mol. The van der Waals surface area contributed by atoms with E-state index >= 15 is 0 Å². The van der Waals surface area contributed by atoms with Crippen molar-refractivity contribution in [2.24, 2.45) is 0 Å². The van der Waals surface area contributed by atoms with Crippen molar-refractivity contribution in [3.63, 3.8) is 0 Å². The molecule has 1 aromatic rings. The van der Waals surface area contributed by atoms with E-state index in [0.29, 0.717) is 6.54 Å². The first-order valence-electron chi connectivity index (χ1n) is 5.80. The molecule has 0 atom stereocenters. The average Bonchev–Trinajstić information content (AvgIpc) is 2.57. The first kappa shape index (κ1) is 12.6. The van der Waals surface area contributed by atoms with Crippen molar-refractivity contribution in [1.29, 1.82) is 0 Å². The van der Waals surface area contributed by atoms with Crippen LogP contribution in [0.2, 0.25) is 0 Å². The molecule has 0 aliphatic rings. The molecule has 90 valence electrons. The fourth-order valence-corrected chi connectivity index (χ4v) is 1.54. The number of carbonyl (C=O) groups excluding carboxylic acids is 1. The Morgan fingerprint density at radius 3 is 2.50 bits per heavy atom. The zero-order chi connectivity index (χ0) is 12.0. The zero-order valence-corrected chi connectivity index (χ0v) is 10.3. The second-order valence-electron chi connectivity index (χ2n) is 3.99. The summed E-state index contributed by atoms with van der Waals surface area (Å²) >= 11 is 0. The molecule has 0 fully saturated rings. The van der Waals surface area contributed by atoms with Crippen molar-refractivity contribution in [2.75, 3.05) is 18.5 Å². The lowest BCUT2D eigenvalue weighted by Gasteiger charge is -2.12. The van der Waals surface area contributed by atoms with Crippen molar-refractivity contribution in [3.8, 4) is 0 Å². The molecule has 0 spiro atoms. The van der Waals surface area contributed by atoms with E-state index in [1.165, 1.54) is 0 Å². The van der Waals surface area contributed by atoms with Crippen LogP contribution in [0, 0.1) is 13.8 Å². The Morgan fingerprint density at radius 1 is 1.31 bits per heavy atom. The van der Waals surface area contributed by atoms with Crippen LogP contribution in [0.15, 0.2) is 12.1 Å². The lowest BCUT2D eigenvalue weighted by molar-refractivity contribution is -0.119. The van der Waals surface area contributed by atoms with Gasteiger partial charge in [-0.1, -0.05) is 13.3 Å². The number of aryl methyl sites for hydroxylation is 2. The SMILES string of the molecule is CCCCNC(=O)CNn1c(C)ccc1C. The van der Waals surface area contributed by atoms with E-state index < -0.39 is 0 Å². The van der Waals surface area contributed by atoms with Crippen LogP contribution in [0.3, 0.4) is 0 Å². The summed E-state index contributed by atoms with van der Waals surface area (Å²) in [5.74, 6) is 0.0425. The van der Waals surface area contributed by atoms with Crippen molar-refractivity contribution in [2.45, 2.75) is 33.6 Å². The summed E-state index contributed by atoms with van der Waals surface area (Å²) in [4.78, 5) is 11.4. The Hall–Kier alpha value is -1.45. The van der Waals surface area contributed by atoms with E-state index in [9.17, 15) is 4.79 Å². The number of hydrogen-bond acceptors (Lipinski definition) is 2. The molecule has 1 rings (SSSR count). The minimum Gasteiger partial charge on any atom is -0.355 e. The lowest BCUT2D eigenvalue weighted by Crippen LogP contribution is -2.34. The number of rotatable bonds is 6. The third kappa shape index (κ3) is 3.61. The Kier molecular flexibility index (Phi) is 4.89. The second-order valence-corrected chi connectivity index (χ2v) is 3.99. The first-order valence-corrected chi connectivity index (χ1v) is 5.80. The summed E-state index contributed by atoms with van der Waals surface area (Å²) in [6.45, 7) is 7.21. The van der Waals surface area contributed by atoms with Gasteiger partial charge < -0.3 is 10.7 Å². The smallest absolute Gasteiger partial charge is 0.240 e. The van der Waals surface area contributed by atoms with Crippen LogP contribution in [0.5, 0.6) is 0 Å². The molecule has 4 heteroatoms. The van der Waals surface area contributed by atoms with Gasteiger partial charge in [0.2, 0.25) is 5.91 Å². The van der Waals surface area contributed by atoms with Crippen molar-refractivity contribution >= 4 is 5.91 Å². The summed E-state index contributed by atoms with van der Waals surface area (Å²) in [7, 11) is 0. The van der Waals surface area contributed by atoms with Crippen molar-refractivity contribution in [3.05, 3.63) is 23.5 Å². The number of unbranched alkanes of at least 4 members (excludes halogenated alkanes) is 1. The zero-order valence-electron chi connectivity index (χ0n) is 10.3. The number of nitrogens with zero attached hydrogens (tertiary/aromatic N) is 1. The Labute approximate surface area is 97.0 Å². The van der Waals surface area contributed by atoms with Gasteiger partial charge in [0.05, 0.1) is 0 Å². The fraction of sp³-hybridized carbons (Fsp3) is 0.583. The third-order valence-corrected chi connectivity index (χ3v) is 2.52. The van der Waals surface area contributed by atoms with Crippen LogP contribution in [0.25, 0.3) is 0 Å². The quantitative estimate of drug-likeness (QED) is 0.719. The number of aromatic nitrogens is 1. The molecule has 1 aromatic heterocycles. The summed E-state index contributed by atoms with van der Waals surface area (Å²) in [6.07, 6.45) is 2.14. The lowest BCUT2D eigenvalue weighted by atomic mass is 10.3. The van der Waals surface area contributed by atoms with Crippen LogP contribution < -0.4 is 10.7 Å². The third-order valence-electron chi connectivity index (χ3n) is 2.52. The number of hydrogen-bond donors (Lipinski definition) is 2. The van der Waals surface area contributed by atoms with E-state index in [-0.39, 0.29) is 5.91 Å². The molecule has 0 radical (unpaired) electrons. The van der Waals surface area contributed by atoms with Crippen molar-refractivity contribution < 1.29 is 4.79 Å². The summed E-state index contributed by atoms with van der Waals surface area (Å²) < 4.78 is 1.93. The van der Waals surface area contributed by atoms with Crippen molar-refractivity contribution in [1.82, 2.24) is 9.99 Å². The van der Waals surface area contributed by atoms with E-state index in [1.54, 1.807) is 0 Å². The molecule has 16 heavy (non-hydrogen) atoms. The van der Waals surface area contributed by atoms with Gasteiger partial charge in [-0.25, -0.2) is 0 Å². The summed E-state index contributed by atoms with van der Waals surface area (Å²) in [5, 5.41) is 2.87. The highest BCUT2D eigenvalue weighted by atomic mass is 16.2. The van der Waals surface area contributed by atoms with Gasteiger partial charge in [-0.2, -0.15) is 0 Å². The highest BCUT2D eigenvalue weighted by molar-refractivity contribution is 5.79. The maximum absolute atomic E-state index is 11.4. The highest BCUT2D eigenvalue weighted by Gasteiger charge is 2.03. The summed E-state index contributed by atoms with van der Waals surface area (Å²) in [6, 6.07) is 4.05. The first-order chi connectivity index (χ1) is 7.65. The standard InChI is InChI=1S/C12H21N3O/c1-4-5-8-13-12(16)9-14-15-10(2)6-7-11(15)3/h6-7,14H,4-5,8-9H2,1-3H3,(H,13,16). The Balaban J connectivity index is 2.32. The molecule has 0 aliphatic carbocycles. The molecule has 0 unspecified atom stereocenters. The number of amides is 1. The monoisotopic (exact) mass is 223 g/mol. The minimum atomic E-state index is 0.0425. The Morgan fingerprint density at radius 2 is 1.94 bits per heavy atom. The van der Waals surface area contributed by atoms with Crippen LogP contribution in [-0.4, -0.2) is 23.7 Å². The Bertz CT molecular complexity index is 325. The fourth-order valence-electron chi connectivity index (χ4n) is 1.54. The van der Waals surface area contributed by atoms with Crippen LogP contribution in [0.1, 0.15) is 31.2 Å². The van der Waals surface area contributed by atoms with Gasteiger partial charge >= 0.3 is 0 Å². The summed E-state index contributed by atoms with van der Waals surface area (Å²) in [5.41, 5.74) is 5.31. The maximum Gasteiger partial charge on any atom is 0.240 e. The number of nitrogens with one attached hydrogen (secondary N) is 2. The maximum atomic E-state index is 11.4. The normalized spacial score (nSPS) is 10.2. The second kappa shape index (κ2) is 6.20. The van der Waals surface area contributed by atoms with Crippen LogP contribution in [-0.2, 0) is 4.79 Å². The highest BCUT2D eigenvalue weighted by Crippen LogP contribution is 2.03. The predicted molar refractivity (Wildman–Crippen MR) is 66.1 cm³/mol. The molecule has 0 saturated carbocycles. The van der Waals surface area contributed by atoms with Gasteiger partial charge in [0.1, 0.15) is 6.54 Å². The van der Waals surface area contributed by atoms with Crippen LogP contribution in [0.4, 0.5) is 0 Å². The molecule has 2 N–H and O–H groups in total. The topological polar surface area (TPSA) is 46.1 Å². The predicted octanol–water partition coefficient (Wildman–Crippen LogP) is 1.56. The number of carbonyl (C=O) groups is 1. The molecular weight excluding hydrogens is 202 g/mol. The van der Waals surface area contributed by atoms with Gasteiger partial charge in [-0.15, -0.1) is 0 Å². The largest absolute Gasteiger partial charge is 0.355 e. The molecule has 1 amide bonds. The molecule has 0 saturated heterocycles. The van der Waals surface area contributed by atoms with Crippen LogP contribution >= 0.6 is 0 Å². The van der Waals surface area contributed by atoms with Gasteiger partial charge in [0.15, 0.2) is 0 Å². The van der Waals surface area contributed by atoms with Gasteiger partial charge in [0.25, 0.3) is 0 Å². The molecular formula is C12H21N3O. The molecule has 0 bridgehead atoms. The van der Waals surface area contributed by atoms with E-state index in [0.717, 1.165) is 30.8 Å². The molecule has 4 nitrogen and oxygen atoms in total. The van der Waals surface area contributed by atoms with Gasteiger partial charge in [0, 0.05) is 17.9 Å². The van der Waals surface area contributed by atoms with E-state index in [4.69, 9.17) is 0 Å². The van der Waals surface area contributed by atoms with E-state index in [1.807, 2.05) is 30.7 Å². The molecule has 0 aromatic carbocycles.